The number of rotatable bonds is 4. The lowest BCUT2D eigenvalue weighted by Gasteiger charge is -2.19. The molecule has 0 bridgehead atoms. The molecule has 0 spiro atoms. The van der Waals surface area contributed by atoms with E-state index in [-0.39, 0.29) is 0 Å². The molecule has 0 fully saturated rings. The third-order valence-corrected chi connectivity index (χ3v) is 5.05. The lowest BCUT2D eigenvalue weighted by atomic mass is 10.0. The molecule has 1 N–H and O–H groups in total. The van der Waals surface area contributed by atoms with Gasteiger partial charge in [-0.25, -0.2) is 14.0 Å². The van der Waals surface area contributed by atoms with Crippen LogP contribution >= 0.6 is 0 Å². The molecule has 8 heteroatoms. The second-order valence-corrected chi connectivity index (χ2v) is 8.19. The van der Waals surface area contributed by atoms with Gasteiger partial charge in [0.1, 0.15) is 12.1 Å². The highest BCUT2D eigenvalue weighted by molar-refractivity contribution is 7.91. The van der Waals surface area contributed by atoms with Crippen LogP contribution in [-0.2, 0) is 16.1 Å². The first-order valence-corrected chi connectivity index (χ1v) is 9.43. The molecule has 0 saturated heterocycles. The number of aromatic nitrogens is 4. The van der Waals surface area contributed by atoms with Crippen molar-refractivity contribution in [2.75, 3.05) is 25.3 Å². The first kappa shape index (κ1) is 16.4. The summed E-state index contributed by atoms with van der Waals surface area (Å²) in [5.41, 5.74) is 3.03. The topological polar surface area (TPSA) is 87.2 Å². The highest BCUT2D eigenvalue weighted by Crippen LogP contribution is 2.25. The van der Waals surface area contributed by atoms with Gasteiger partial charge in [-0.1, -0.05) is 12.1 Å². The third kappa shape index (κ3) is 2.96. The summed E-state index contributed by atoms with van der Waals surface area (Å²) in [5.74, 6) is 1.52. The van der Waals surface area contributed by atoms with Crippen LogP contribution in [0.5, 0.6) is 0 Å². The van der Waals surface area contributed by atoms with Gasteiger partial charge >= 0.3 is 0 Å². The van der Waals surface area contributed by atoms with Crippen LogP contribution in [0.4, 0.5) is 5.82 Å². The monoisotopic (exact) mass is 344 g/mol. The second-order valence-electron chi connectivity index (χ2n) is 6.03. The van der Waals surface area contributed by atoms with Crippen molar-refractivity contribution in [3.63, 3.8) is 0 Å². The van der Waals surface area contributed by atoms with Gasteiger partial charge in [0.15, 0.2) is 0 Å². The Hall–Kier alpha value is -2.48. The third-order valence-electron chi connectivity index (χ3n) is 3.88. The number of aryl methyl sites for hydroxylation is 1. The molecule has 1 aromatic carbocycles. The maximum atomic E-state index is 11.8. The van der Waals surface area contributed by atoms with Crippen molar-refractivity contribution in [1.29, 1.82) is 4.78 Å². The molecule has 2 heterocycles. The summed E-state index contributed by atoms with van der Waals surface area (Å²) in [5, 5.41) is 4.27. The Balaban J connectivity index is 2.06. The van der Waals surface area contributed by atoms with E-state index in [1.54, 1.807) is 16.6 Å². The van der Waals surface area contributed by atoms with Gasteiger partial charge in [0.25, 0.3) is 5.78 Å². The number of hydrogen-bond donors (Lipinski definition) is 1. The van der Waals surface area contributed by atoms with Crippen LogP contribution in [0.2, 0.25) is 0 Å². The predicted octanol–water partition coefficient (Wildman–Crippen LogP) is 2.12. The Morgan fingerprint density at radius 3 is 2.50 bits per heavy atom. The van der Waals surface area contributed by atoms with Crippen molar-refractivity contribution in [2.45, 2.75) is 18.2 Å². The van der Waals surface area contributed by atoms with Gasteiger partial charge in [-0.15, -0.1) is 0 Å². The van der Waals surface area contributed by atoms with Gasteiger partial charge in [0.2, 0.25) is 0 Å². The van der Waals surface area contributed by atoms with E-state index in [9.17, 15) is 4.21 Å². The van der Waals surface area contributed by atoms with Gasteiger partial charge in [-0.2, -0.15) is 14.6 Å². The Labute approximate surface area is 141 Å². The molecule has 0 unspecified atom stereocenters. The molecule has 3 aromatic rings. The Bertz CT molecular complexity index is 989. The van der Waals surface area contributed by atoms with E-state index in [0.717, 1.165) is 22.6 Å². The molecule has 0 aliphatic heterocycles. The molecule has 0 saturated carbocycles. The normalized spacial score (nSPS) is 13.8. The SMILES string of the molecule is Cc1nc2ncnn2c(N(C)C)c1Cc1ccc([S@](C)(=N)=O)cc1. The van der Waals surface area contributed by atoms with Crippen LogP contribution in [0.1, 0.15) is 16.8 Å². The smallest absolute Gasteiger partial charge is 0.254 e. The molecule has 0 aliphatic carbocycles. The fourth-order valence-electron chi connectivity index (χ4n) is 2.71. The van der Waals surface area contributed by atoms with Crippen molar-refractivity contribution in [2.24, 2.45) is 0 Å². The molecule has 2 aromatic heterocycles. The zero-order valence-electron chi connectivity index (χ0n) is 14.1. The zero-order valence-corrected chi connectivity index (χ0v) is 15.0. The quantitative estimate of drug-likeness (QED) is 0.783. The summed E-state index contributed by atoms with van der Waals surface area (Å²) < 4.78 is 21.2. The summed E-state index contributed by atoms with van der Waals surface area (Å²) in [6.07, 6.45) is 3.60. The lowest BCUT2D eigenvalue weighted by Crippen LogP contribution is -2.18. The highest BCUT2D eigenvalue weighted by Gasteiger charge is 2.16. The molecule has 0 amide bonds. The molecule has 24 heavy (non-hydrogen) atoms. The number of fused-ring (bicyclic) bond motifs is 1. The molecule has 126 valence electrons. The number of nitrogens with zero attached hydrogens (tertiary/aromatic N) is 5. The second kappa shape index (κ2) is 5.86. The van der Waals surface area contributed by atoms with Crippen molar-refractivity contribution >= 4 is 21.3 Å². The van der Waals surface area contributed by atoms with Crippen molar-refractivity contribution in [1.82, 2.24) is 19.6 Å². The van der Waals surface area contributed by atoms with Crippen LogP contribution in [0, 0.1) is 11.7 Å². The standard InChI is InChI=1S/C16H20N6OS/c1-11-14(9-12-5-7-13(8-6-12)24(4,17)23)15(21(2)3)22-16(20-11)18-10-19-22/h5-8,10,17H,9H2,1-4H3/t24-/m1/s1. The molecular weight excluding hydrogens is 324 g/mol. The highest BCUT2D eigenvalue weighted by atomic mass is 32.2. The zero-order chi connectivity index (χ0) is 17.5. The fourth-order valence-corrected chi connectivity index (χ4v) is 3.36. The summed E-state index contributed by atoms with van der Waals surface area (Å²) >= 11 is 0. The van der Waals surface area contributed by atoms with Crippen molar-refractivity contribution < 1.29 is 4.21 Å². The molecule has 7 nitrogen and oxygen atoms in total. The van der Waals surface area contributed by atoms with Crippen LogP contribution in [0.15, 0.2) is 35.5 Å². The van der Waals surface area contributed by atoms with Gasteiger partial charge in [-0.05, 0) is 24.6 Å². The number of benzene rings is 1. The lowest BCUT2D eigenvalue weighted by molar-refractivity contribution is 0.679. The molecule has 0 aliphatic rings. The summed E-state index contributed by atoms with van der Waals surface area (Å²) in [6.45, 7) is 1.97. The van der Waals surface area contributed by atoms with Crippen LogP contribution in [-0.4, -0.2) is 44.1 Å². The first-order valence-electron chi connectivity index (χ1n) is 7.46. The van der Waals surface area contributed by atoms with Crippen molar-refractivity contribution in [3.8, 4) is 0 Å². The maximum absolute atomic E-state index is 11.8. The summed E-state index contributed by atoms with van der Waals surface area (Å²) in [4.78, 5) is 11.2. The average molecular weight is 344 g/mol. The number of nitrogens with one attached hydrogen (secondary N) is 1. The van der Waals surface area contributed by atoms with E-state index in [4.69, 9.17) is 4.78 Å². The average Bonchev–Trinajstić information content (AvgIpc) is 2.94. The fraction of sp³-hybridized carbons (Fsp3) is 0.312. The van der Waals surface area contributed by atoms with Gasteiger partial charge in [0, 0.05) is 42.9 Å². The molecule has 3 rings (SSSR count). The van der Waals surface area contributed by atoms with Gasteiger partial charge < -0.3 is 4.90 Å². The maximum Gasteiger partial charge on any atom is 0.254 e. The van der Waals surface area contributed by atoms with Crippen LogP contribution in [0.25, 0.3) is 5.78 Å². The number of anilines is 1. The first-order chi connectivity index (χ1) is 11.3. The Kier molecular flexibility index (Phi) is 4.00. The summed E-state index contributed by atoms with van der Waals surface area (Å²) in [7, 11) is 1.25. The van der Waals surface area contributed by atoms with E-state index in [1.165, 1.54) is 12.6 Å². The van der Waals surface area contributed by atoms with E-state index in [0.29, 0.717) is 17.1 Å². The summed E-state index contributed by atoms with van der Waals surface area (Å²) in [6, 6.07) is 7.35. The largest absolute Gasteiger partial charge is 0.362 e. The number of hydrogen-bond acceptors (Lipinski definition) is 6. The van der Waals surface area contributed by atoms with E-state index in [1.807, 2.05) is 38.1 Å². The molecular formula is C16H20N6OS. The van der Waals surface area contributed by atoms with Gasteiger partial charge in [-0.3, -0.25) is 0 Å². The van der Waals surface area contributed by atoms with Gasteiger partial charge in [0.05, 0.1) is 9.73 Å². The molecule has 0 radical (unpaired) electrons. The van der Waals surface area contributed by atoms with E-state index < -0.39 is 9.73 Å². The van der Waals surface area contributed by atoms with Crippen LogP contribution in [0.3, 0.4) is 0 Å². The predicted molar refractivity (Wildman–Crippen MR) is 94.1 cm³/mol. The molecule has 1 atom stereocenters. The van der Waals surface area contributed by atoms with Crippen LogP contribution < -0.4 is 4.90 Å². The minimum atomic E-state index is -2.69. The minimum Gasteiger partial charge on any atom is -0.362 e. The minimum absolute atomic E-state index is 0.542. The Morgan fingerprint density at radius 2 is 1.92 bits per heavy atom. The van der Waals surface area contributed by atoms with E-state index >= 15 is 0 Å². The van der Waals surface area contributed by atoms with Crippen molar-refractivity contribution in [3.05, 3.63) is 47.4 Å². The Morgan fingerprint density at radius 1 is 1.25 bits per heavy atom. The van der Waals surface area contributed by atoms with E-state index in [2.05, 4.69) is 15.1 Å².